The molecule has 16 heavy (non-hydrogen) atoms. The topological polar surface area (TPSA) is 3.24 Å². The summed E-state index contributed by atoms with van der Waals surface area (Å²) in [5.74, 6) is 0.918. The molecule has 1 unspecified atom stereocenters. The van der Waals surface area contributed by atoms with Crippen molar-refractivity contribution in [3.63, 3.8) is 0 Å². The van der Waals surface area contributed by atoms with E-state index in [4.69, 9.17) is 0 Å². The Morgan fingerprint density at radius 2 is 1.94 bits per heavy atom. The van der Waals surface area contributed by atoms with Crippen molar-refractivity contribution in [2.45, 2.75) is 32.7 Å². The molecule has 0 aromatic heterocycles. The summed E-state index contributed by atoms with van der Waals surface area (Å²) in [7, 11) is 0. The van der Waals surface area contributed by atoms with Gasteiger partial charge in [-0.2, -0.15) is 0 Å². The van der Waals surface area contributed by atoms with Crippen LogP contribution in [0.3, 0.4) is 0 Å². The van der Waals surface area contributed by atoms with E-state index in [0.717, 1.165) is 12.5 Å². The Morgan fingerprint density at radius 3 is 2.69 bits per heavy atom. The zero-order chi connectivity index (χ0) is 11.4. The van der Waals surface area contributed by atoms with E-state index >= 15 is 0 Å². The van der Waals surface area contributed by atoms with Gasteiger partial charge in [0.15, 0.2) is 0 Å². The molecule has 1 atom stereocenters. The van der Waals surface area contributed by atoms with Crippen molar-refractivity contribution < 1.29 is 0 Å². The Balaban J connectivity index is 1.91. The van der Waals surface area contributed by atoms with Crippen molar-refractivity contribution in [3.05, 3.63) is 33.4 Å². The highest BCUT2D eigenvalue weighted by Gasteiger charge is 2.13. The first kappa shape index (κ1) is 12.4. The second-order valence-electron chi connectivity index (χ2n) is 4.94. The van der Waals surface area contributed by atoms with E-state index in [0.29, 0.717) is 0 Å². The van der Waals surface area contributed by atoms with Crippen LogP contribution >= 0.6 is 22.6 Å². The van der Waals surface area contributed by atoms with Gasteiger partial charge in [-0.15, -0.1) is 0 Å². The smallest absolute Gasteiger partial charge is 0.0233 e. The lowest BCUT2D eigenvalue weighted by Gasteiger charge is -2.19. The summed E-state index contributed by atoms with van der Waals surface area (Å²) in [6.07, 6.45) is 4.14. The number of benzene rings is 1. The molecular formula is C14H20IN. The number of rotatable bonds is 2. The predicted octanol–water partition coefficient (Wildman–Crippen LogP) is 3.91. The molecule has 0 aliphatic carbocycles. The first-order valence-corrected chi connectivity index (χ1v) is 7.29. The molecule has 0 bridgehead atoms. The molecule has 1 aliphatic heterocycles. The van der Waals surface area contributed by atoms with Gasteiger partial charge in [0.25, 0.3) is 0 Å². The zero-order valence-corrected chi connectivity index (χ0v) is 12.1. The molecule has 0 saturated carbocycles. The monoisotopic (exact) mass is 329 g/mol. The third-order valence-electron chi connectivity index (χ3n) is 3.43. The van der Waals surface area contributed by atoms with Gasteiger partial charge in [0, 0.05) is 10.1 Å². The summed E-state index contributed by atoms with van der Waals surface area (Å²) in [6.45, 7) is 6.06. The lowest BCUT2D eigenvalue weighted by atomic mass is 10.0. The van der Waals surface area contributed by atoms with Crippen LogP contribution < -0.4 is 0 Å². The highest BCUT2D eigenvalue weighted by Crippen LogP contribution is 2.18. The minimum atomic E-state index is 0.918. The number of nitrogens with zero attached hydrogens (tertiary/aromatic N) is 1. The average Bonchev–Trinajstić information content (AvgIpc) is 2.47. The second kappa shape index (κ2) is 6.01. The van der Waals surface area contributed by atoms with Gasteiger partial charge in [-0.1, -0.05) is 19.1 Å². The highest BCUT2D eigenvalue weighted by atomic mass is 127. The number of hydrogen-bond donors (Lipinski definition) is 0. The number of hydrogen-bond acceptors (Lipinski definition) is 1. The van der Waals surface area contributed by atoms with Gasteiger partial charge in [-0.05, 0) is 78.6 Å². The van der Waals surface area contributed by atoms with Gasteiger partial charge in [0.1, 0.15) is 0 Å². The maximum absolute atomic E-state index is 2.60. The Hall–Kier alpha value is -0.0900. The van der Waals surface area contributed by atoms with Crippen molar-refractivity contribution in [2.75, 3.05) is 13.1 Å². The van der Waals surface area contributed by atoms with Crippen molar-refractivity contribution in [1.82, 2.24) is 4.90 Å². The molecule has 0 N–H and O–H groups in total. The Bertz CT molecular complexity index is 320. The van der Waals surface area contributed by atoms with Crippen LogP contribution in [-0.2, 0) is 6.54 Å². The van der Waals surface area contributed by atoms with E-state index in [1.165, 1.54) is 41.5 Å². The lowest BCUT2D eigenvalue weighted by Crippen LogP contribution is -2.24. The van der Waals surface area contributed by atoms with Crippen molar-refractivity contribution in [1.29, 1.82) is 0 Å². The molecule has 1 aromatic carbocycles. The normalized spacial score (nSPS) is 23.0. The van der Waals surface area contributed by atoms with Gasteiger partial charge in [0.2, 0.25) is 0 Å². The molecule has 1 aromatic rings. The quantitative estimate of drug-likeness (QED) is 0.744. The second-order valence-corrected chi connectivity index (χ2v) is 6.18. The fourth-order valence-electron chi connectivity index (χ4n) is 2.33. The summed E-state index contributed by atoms with van der Waals surface area (Å²) in [5.41, 5.74) is 1.45. The van der Waals surface area contributed by atoms with E-state index in [9.17, 15) is 0 Å². The molecule has 1 nitrogen and oxygen atoms in total. The maximum atomic E-state index is 2.60. The Kier molecular flexibility index (Phi) is 4.65. The van der Waals surface area contributed by atoms with Crippen LogP contribution in [0.5, 0.6) is 0 Å². The summed E-state index contributed by atoms with van der Waals surface area (Å²) in [6, 6.07) is 8.93. The van der Waals surface area contributed by atoms with Crippen molar-refractivity contribution in [2.24, 2.45) is 5.92 Å². The summed E-state index contributed by atoms with van der Waals surface area (Å²) >= 11 is 2.36. The molecule has 1 fully saturated rings. The molecule has 2 heteroatoms. The first-order chi connectivity index (χ1) is 7.74. The van der Waals surface area contributed by atoms with Crippen LogP contribution in [0.4, 0.5) is 0 Å². The predicted molar refractivity (Wildman–Crippen MR) is 77.5 cm³/mol. The lowest BCUT2D eigenvalue weighted by molar-refractivity contribution is 0.273. The van der Waals surface area contributed by atoms with E-state index in [1.54, 1.807) is 0 Å². The van der Waals surface area contributed by atoms with E-state index in [-0.39, 0.29) is 0 Å². The minimum absolute atomic E-state index is 0.918. The molecule has 2 rings (SSSR count). The van der Waals surface area contributed by atoms with Crippen LogP contribution in [0, 0.1) is 9.49 Å². The third kappa shape index (κ3) is 3.74. The Morgan fingerprint density at radius 1 is 1.19 bits per heavy atom. The fraction of sp³-hybridized carbons (Fsp3) is 0.571. The van der Waals surface area contributed by atoms with Gasteiger partial charge in [0.05, 0.1) is 0 Å². The molecule has 1 heterocycles. The SMILES string of the molecule is CC1CCCN(Cc2ccc(I)cc2)CC1. The van der Waals surface area contributed by atoms with E-state index < -0.39 is 0 Å². The standard InChI is InChI=1S/C14H20IN/c1-12-3-2-9-16(10-8-12)11-13-4-6-14(15)7-5-13/h4-7,12H,2-3,8-11H2,1H3. The average molecular weight is 329 g/mol. The summed E-state index contributed by atoms with van der Waals surface area (Å²) < 4.78 is 1.32. The third-order valence-corrected chi connectivity index (χ3v) is 4.15. The fourth-order valence-corrected chi connectivity index (χ4v) is 2.69. The van der Waals surface area contributed by atoms with Crippen LogP contribution in [0.1, 0.15) is 31.7 Å². The molecule has 88 valence electrons. The van der Waals surface area contributed by atoms with E-state index in [1.807, 2.05) is 0 Å². The molecule has 0 amide bonds. The molecule has 1 saturated heterocycles. The molecule has 1 aliphatic rings. The molecule has 0 radical (unpaired) electrons. The van der Waals surface area contributed by atoms with Crippen LogP contribution in [-0.4, -0.2) is 18.0 Å². The molecule has 0 spiro atoms. The van der Waals surface area contributed by atoms with Crippen LogP contribution in [0.15, 0.2) is 24.3 Å². The molecular weight excluding hydrogens is 309 g/mol. The largest absolute Gasteiger partial charge is 0.299 e. The van der Waals surface area contributed by atoms with E-state index in [2.05, 4.69) is 58.7 Å². The maximum Gasteiger partial charge on any atom is 0.0233 e. The van der Waals surface area contributed by atoms with Crippen molar-refractivity contribution in [3.8, 4) is 0 Å². The first-order valence-electron chi connectivity index (χ1n) is 6.21. The zero-order valence-electron chi connectivity index (χ0n) is 9.95. The summed E-state index contributed by atoms with van der Waals surface area (Å²) in [4.78, 5) is 2.60. The highest BCUT2D eigenvalue weighted by molar-refractivity contribution is 14.1. The van der Waals surface area contributed by atoms with Gasteiger partial charge in [-0.25, -0.2) is 0 Å². The number of halogens is 1. The van der Waals surface area contributed by atoms with Crippen molar-refractivity contribution >= 4 is 22.6 Å². The Labute approximate surface area is 112 Å². The number of likely N-dealkylation sites (tertiary alicyclic amines) is 1. The van der Waals surface area contributed by atoms with Crippen LogP contribution in [0.25, 0.3) is 0 Å². The van der Waals surface area contributed by atoms with Gasteiger partial charge in [-0.3, -0.25) is 4.90 Å². The minimum Gasteiger partial charge on any atom is -0.299 e. The van der Waals surface area contributed by atoms with Crippen LogP contribution in [0.2, 0.25) is 0 Å². The summed E-state index contributed by atoms with van der Waals surface area (Å²) in [5, 5.41) is 0. The van der Waals surface area contributed by atoms with Gasteiger partial charge >= 0.3 is 0 Å². The van der Waals surface area contributed by atoms with Gasteiger partial charge < -0.3 is 0 Å².